The third-order valence-electron chi connectivity index (χ3n) is 5.71. The van der Waals surface area contributed by atoms with E-state index in [4.69, 9.17) is 0 Å². The molecule has 0 saturated carbocycles. The van der Waals surface area contributed by atoms with Crippen LogP contribution >= 0.6 is 0 Å². The first-order valence-corrected chi connectivity index (χ1v) is 9.84. The lowest BCUT2D eigenvalue weighted by Crippen LogP contribution is -2.32. The molecule has 5 rings (SSSR count). The summed E-state index contributed by atoms with van der Waals surface area (Å²) in [6, 6.07) is 5.29. The third-order valence-corrected chi connectivity index (χ3v) is 5.71. The molecule has 0 amide bonds. The maximum atomic E-state index is 14.8. The van der Waals surface area contributed by atoms with Crippen molar-refractivity contribution in [3.63, 3.8) is 0 Å². The molecule has 0 N–H and O–H groups in total. The molecule has 1 fully saturated rings. The fourth-order valence-corrected chi connectivity index (χ4v) is 4.11. The SMILES string of the molecule is CCN1CCC(c2cn3cc(-c4ccc5nc(C)cn5n4)cc(F)c3n2)CC1. The molecule has 0 aromatic carbocycles. The van der Waals surface area contributed by atoms with E-state index in [0.29, 0.717) is 17.3 Å². The maximum absolute atomic E-state index is 14.8. The Morgan fingerprint density at radius 3 is 2.71 bits per heavy atom. The van der Waals surface area contributed by atoms with Gasteiger partial charge in [-0.25, -0.2) is 18.9 Å². The van der Waals surface area contributed by atoms with Gasteiger partial charge in [-0.05, 0) is 57.6 Å². The number of nitrogens with zero attached hydrogens (tertiary/aromatic N) is 6. The second-order valence-electron chi connectivity index (χ2n) is 7.59. The molecular weight excluding hydrogens is 355 g/mol. The van der Waals surface area contributed by atoms with Crippen LogP contribution in [0.15, 0.2) is 36.8 Å². The van der Waals surface area contributed by atoms with Crippen molar-refractivity contribution in [2.75, 3.05) is 19.6 Å². The Kier molecular flexibility index (Phi) is 4.12. The summed E-state index contributed by atoms with van der Waals surface area (Å²) < 4.78 is 18.3. The van der Waals surface area contributed by atoms with E-state index in [2.05, 4.69) is 26.9 Å². The lowest BCUT2D eigenvalue weighted by atomic mass is 9.94. The average molecular weight is 378 g/mol. The van der Waals surface area contributed by atoms with E-state index < -0.39 is 0 Å². The van der Waals surface area contributed by atoms with Gasteiger partial charge in [0.25, 0.3) is 0 Å². The van der Waals surface area contributed by atoms with Gasteiger partial charge in [-0.2, -0.15) is 5.10 Å². The Balaban J connectivity index is 1.51. The topological polar surface area (TPSA) is 50.7 Å². The maximum Gasteiger partial charge on any atom is 0.173 e. The van der Waals surface area contributed by atoms with Crippen LogP contribution in [-0.2, 0) is 0 Å². The van der Waals surface area contributed by atoms with E-state index in [1.165, 1.54) is 6.07 Å². The van der Waals surface area contributed by atoms with Gasteiger partial charge in [-0.1, -0.05) is 6.92 Å². The molecule has 1 saturated heterocycles. The minimum atomic E-state index is -0.321. The first-order valence-electron chi connectivity index (χ1n) is 9.84. The standard InChI is InChI=1S/C21H23FN6/c1-3-26-8-6-15(7-9-26)19-13-27-12-16(10-17(22)21(27)24-19)18-4-5-20-23-14(2)11-28(20)25-18/h4-5,10-13,15H,3,6-9H2,1-2H3. The first-order chi connectivity index (χ1) is 13.6. The average Bonchev–Trinajstić information content (AvgIpc) is 3.30. The molecule has 0 unspecified atom stereocenters. The Morgan fingerprint density at radius 1 is 1.11 bits per heavy atom. The van der Waals surface area contributed by atoms with E-state index in [1.54, 1.807) is 8.92 Å². The summed E-state index contributed by atoms with van der Waals surface area (Å²) in [5.74, 6) is 0.0763. The van der Waals surface area contributed by atoms with Gasteiger partial charge in [-0.3, -0.25) is 0 Å². The van der Waals surface area contributed by atoms with Gasteiger partial charge < -0.3 is 9.30 Å². The van der Waals surface area contributed by atoms with Crippen LogP contribution in [0.4, 0.5) is 4.39 Å². The molecule has 0 radical (unpaired) electrons. The van der Waals surface area contributed by atoms with Crippen molar-refractivity contribution in [1.29, 1.82) is 0 Å². The van der Waals surface area contributed by atoms with Gasteiger partial charge in [0, 0.05) is 23.9 Å². The van der Waals surface area contributed by atoms with Crippen LogP contribution in [0.1, 0.15) is 37.1 Å². The third kappa shape index (κ3) is 2.96. The number of aromatic nitrogens is 5. The highest BCUT2D eigenvalue weighted by atomic mass is 19.1. The summed E-state index contributed by atoms with van der Waals surface area (Å²) in [6.45, 7) is 7.37. The van der Waals surface area contributed by atoms with Crippen molar-refractivity contribution in [3.8, 4) is 11.3 Å². The summed E-state index contributed by atoms with van der Waals surface area (Å²) in [7, 11) is 0. The fraction of sp³-hybridized carbons (Fsp3) is 0.381. The summed E-state index contributed by atoms with van der Waals surface area (Å²) in [5, 5.41) is 4.58. The first kappa shape index (κ1) is 17.3. The van der Waals surface area contributed by atoms with Crippen LogP contribution < -0.4 is 0 Å². The number of halogens is 1. The summed E-state index contributed by atoms with van der Waals surface area (Å²) in [5.41, 5.74) is 4.49. The lowest BCUT2D eigenvalue weighted by Gasteiger charge is -2.30. The van der Waals surface area contributed by atoms with Crippen molar-refractivity contribution < 1.29 is 4.39 Å². The highest BCUT2D eigenvalue weighted by Crippen LogP contribution is 2.29. The molecular formula is C21H23FN6. The molecule has 0 bridgehead atoms. The van der Waals surface area contributed by atoms with E-state index in [-0.39, 0.29) is 5.82 Å². The molecule has 5 heterocycles. The molecule has 4 aromatic rings. The van der Waals surface area contributed by atoms with Gasteiger partial charge in [-0.15, -0.1) is 0 Å². The number of likely N-dealkylation sites (tertiary alicyclic amines) is 1. The number of imidazole rings is 2. The molecule has 1 aliphatic heterocycles. The van der Waals surface area contributed by atoms with Gasteiger partial charge in [0.2, 0.25) is 0 Å². The second kappa shape index (κ2) is 6.67. The van der Waals surface area contributed by atoms with Crippen molar-refractivity contribution >= 4 is 11.3 Å². The number of aryl methyl sites for hydroxylation is 1. The van der Waals surface area contributed by atoms with Gasteiger partial charge in [0.1, 0.15) is 0 Å². The summed E-state index contributed by atoms with van der Waals surface area (Å²) in [4.78, 5) is 11.4. The van der Waals surface area contributed by atoms with Crippen LogP contribution in [0.3, 0.4) is 0 Å². The highest BCUT2D eigenvalue weighted by Gasteiger charge is 2.22. The lowest BCUT2D eigenvalue weighted by molar-refractivity contribution is 0.221. The molecule has 0 atom stereocenters. The summed E-state index contributed by atoms with van der Waals surface area (Å²) in [6.07, 6.45) is 7.91. The molecule has 28 heavy (non-hydrogen) atoms. The zero-order valence-electron chi connectivity index (χ0n) is 16.1. The van der Waals surface area contributed by atoms with Crippen molar-refractivity contribution in [2.24, 2.45) is 0 Å². The number of hydrogen-bond donors (Lipinski definition) is 0. The van der Waals surface area contributed by atoms with Crippen molar-refractivity contribution in [1.82, 2.24) is 28.9 Å². The molecule has 7 heteroatoms. The van der Waals surface area contributed by atoms with Crippen LogP contribution in [0.5, 0.6) is 0 Å². The number of hydrogen-bond acceptors (Lipinski definition) is 4. The van der Waals surface area contributed by atoms with Gasteiger partial charge in [0.15, 0.2) is 17.1 Å². The molecule has 6 nitrogen and oxygen atoms in total. The second-order valence-corrected chi connectivity index (χ2v) is 7.59. The van der Waals surface area contributed by atoms with Gasteiger partial charge >= 0.3 is 0 Å². The van der Waals surface area contributed by atoms with E-state index in [9.17, 15) is 4.39 Å². The highest BCUT2D eigenvalue weighted by molar-refractivity contribution is 5.62. The van der Waals surface area contributed by atoms with Crippen LogP contribution in [-0.4, -0.2) is 48.5 Å². The minimum Gasteiger partial charge on any atom is -0.304 e. The quantitative estimate of drug-likeness (QED) is 0.546. The van der Waals surface area contributed by atoms with Crippen LogP contribution in [0.2, 0.25) is 0 Å². The van der Waals surface area contributed by atoms with E-state index >= 15 is 0 Å². The minimum absolute atomic E-state index is 0.321. The molecule has 4 aromatic heterocycles. The normalized spacial score (nSPS) is 16.4. The van der Waals surface area contributed by atoms with Crippen molar-refractivity contribution in [2.45, 2.75) is 32.6 Å². The van der Waals surface area contributed by atoms with Gasteiger partial charge in [0.05, 0.1) is 23.3 Å². The Bertz CT molecular complexity index is 1150. The van der Waals surface area contributed by atoms with Crippen LogP contribution in [0.25, 0.3) is 22.6 Å². The number of pyridine rings is 1. The zero-order valence-corrected chi connectivity index (χ0v) is 16.1. The number of fused-ring (bicyclic) bond motifs is 2. The van der Waals surface area contributed by atoms with E-state index in [1.807, 2.05) is 37.6 Å². The Hall–Kier alpha value is -2.80. The predicted octanol–water partition coefficient (Wildman–Crippen LogP) is 3.69. The Morgan fingerprint density at radius 2 is 1.93 bits per heavy atom. The monoisotopic (exact) mass is 378 g/mol. The van der Waals surface area contributed by atoms with Crippen molar-refractivity contribution in [3.05, 3.63) is 54.0 Å². The molecule has 144 valence electrons. The van der Waals surface area contributed by atoms with Crippen LogP contribution in [0, 0.1) is 12.7 Å². The Labute approximate surface area is 162 Å². The predicted molar refractivity (Wildman–Crippen MR) is 106 cm³/mol. The zero-order chi connectivity index (χ0) is 19.3. The molecule has 1 aliphatic rings. The smallest absolute Gasteiger partial charge is 0.173 e. The molecule has 0 aliphatic carbocycles. The fourth-order valence-electron chi connectivity index (χ4n) is 4.11. The molecule has 0 spiro atoms. The van der Waals surface area contributed by atoms with E-state index in [0.717, 1.165) is 55.1 Å². The largest absolute Gasteiger partial charge is 0.304 e. The number of rotatable bonds is 3. The number of piperidine rings is 1. The summed E-state index contributed by atoms with van der Waals surface area (Å²) >= 11 is 0.